The lowest BCUT2D eigenvalue weighted by Gasteiger charge is -2.03. The van der Waals surface area contributed by atoms with Gasteiger partial charge in [-0.25, -0.2) is 13.8 Å². The maximum Gasteiger partial charge on any atom is 0.153 e. The standard InChI is InChI=1S/C15H12F2N2/c1-8-3-4-11(9(2)5-8)15-18-13-7-10(16)6-12(17)14(13)19-15/h3-7H,1-2H3,(H,18,19). The smallest absolute Gasteiger partial charge is 0.153 e. The van der Waals surface area contributed by atoms with E-state index in [-0.39, 0.29) is 5.52 Å². The summed E-state index contributed by atoms with van der Waals surface area (Å²) < 4.78 is 26.8. The molecule has 3 rings (SSSR count). The van der Waals surface area contributed by atoms with E-state index in [4.69, 9.17) is 0 Å². The van der Waals surface area contributed by atoms with Crippen LogP contribution in [0.2, 0.25) is 0 Å². The maximum atomic E-state index is 13.6. The molecule has 0 aliphatic rings. The van der Waals surface area contributed by atoms with Gasteiger partial charge in [0.1, 0.15) is 17.2 Å². The zero-order valence-corrected chi connectivity index (χ0v) is 10.6. The van der Waals surface area contributed by atoms with Gasteiger partial charge in [-0.3, -0.25) is 0 Å². The average molecular weight is 258 g/mol. The van der Waals surface area contributed by atoms with Crippen molar-refractivity contribution >= 4 is 11.0 Å². The molecule has 2 aromatic carbocycles. The van der Waals surface area contributed by atoms with Gasteiger partial charge in [0.15, 0.2) is 5.82 Å². The van der Waals surface area contributed by atoms with Crippen molar-refractivity contribution in [2.45, 2.75) is 13.8 Å². The Morgan fingerprint density at radius 3 is 2.58 bits per heavy atom. The van der Waals surface area contributed by atoms with E-state index in [1.165, 1.54) is 6.07 Å². The zero-order valence-electron chi connectivity index (χ0n) is 10.6. The fraction of sp³-hybridized carbons (Fsp3) is 0.133. The van der Waals surface area contributed by atoms with Gasteiger partial charge in [0.05, 0.1) is 5.52 Å². The van der Waals surface area contributed by atoms with Crippen molar-refractivity contribution in [2.75, 3.05) is 0 Å². The number of benzene rings is 2. The molecule has 2 nitrogen and oxygen atoms in total. The molecular weight excluding hydrogens is 246 g/mol. The predicted octanol–water partition coefficient (Wildman–Crippen LogP) is 4.12. The highest BCUT2D eigenvalue weighted by Gasteiger charge is 2.12. The second-order valence-corrected chi connectivity index (χ2v) is 4.69. The Bertz CT molecular complexity index is 775. The molecular formula is C15H12F2N2. The van der Waals surface area contributed by atoms with E-state index in [1.54, 1.807) is 0 Å². The number of hydrogen-bond donors (Lipinski definition) is 1. The van der Waals surface area contributed by atoms with Gasteiger partial charge >= 0.3 is 0 Å². The minimum absolute atomic E-state index is 0.163. The fourth-order valence-corrected chi connectivity index (χ4v) is 2.25. The van der Waals surface area contributed by atoms with E-state index in [0.29, 0.717) is 11.3 Å². The van der Waals surface area contributed by atoms with Crippen LogP contribution in [0.5, 0.6) is 0 Å². The van der Waals surface area contributed by atoms with Crippen LogP contribution < -0.4 is 0 Å². The van der Waals surface area contributed by atoms with Crippen LogP contribution in [0.4, 0.5) is 8.78 Å². The Morgan fingerprint density at radius 2 is 1.84 bits per heavy atom. The van der Waals surface area contributed by atoms with Crippen molar-refractivity contribution in [3.05, 3.63) is 53.1 Å². The highest BCUT2D eigenvalue weighted by molar-refractivity contribution is 5.80. The number of imidazole rings is 1. The molecule has 0 saturated heterocycles. The van der Waals surface area contributed by atoms with Crippen molar-refractivity contribution in [1.82, 2.24) is 9.97 Å². The van der Waals surface area contributed by atoms with Crippen LogP contribution in [0.15, 0.2) is 30.3 Å². The number of aromatic nitrogens is 2. The molecule has 1 aromatic heterocycles. The van der Waals surface area contributed by atoms with Crippen molar-refractivity contribution < 1.29 is 8.78 Å². The van der Waals surface area contributed by atoms with Crippen molar-refractivity contribution in [3.63, 3.8) is 0 Å². The Kier molecular flexibility index (Phi) is 2.59. The number of aromatic amines is 1. The minimum Gasteiger partial charge on any atom is -0.338 e. The highest BCUT2D eigenvalue weighted by atomic mass is 19.1. The topological polar surface area (TPSA) is 28.7 Å². The molecule has 0 atom stereocenters. The van der Waals surface area contributed by atoms with Crippen LogP contribution >= 0.6 is 0 Å². The van der Waals surface area contributed by atoms with Gasteiger partial charge in [-0.15, -0.1) is 0 Å². The molecule has 3 aromatic rings. The lowest BCUT2D eigenvalue weighted by Crippen LogP contribution is -1.86. The largest absolute Gasteiger partial charge is 0.338 e. The quantitative estimate of drug-likeness (QED) is 0.698. The van der Waals surface area contributed by atoms with E-state index in [1.807, 2.05) is 32.0 Å². The average Bonchev–Trinajstić information content (AvgIpc) is 2.72. The summed E-state index contributed by atoms with van der Waals surface area (Å²) in [5.74, 6) is -0.708. The molecule has 4 heteroatoms. The van der Waals surface area contributed by atoms with Crippen LogP contribution in [-0.4, -0.2) is 9.97 Å². The Labute approximate surface area is 109 Å². The van der Waals surface area contributed by atoms with Crippen molar-refractivity contribution in [1.29, 1.82) is 0 Å². The predicted molar refractivity (Wildman–Crippen MR) is 70.9 cm³/mol. The molecule has 0 aliphatic carbocycles. The molecule has 0 amide bonds. The molecule has 1 N–H and O–H groups in total. The Hall–Kier alpha value is -2.23. The number of aryl methyl sites for hydroxylation is 2. The summed E-state index contributed by atoms with van der Waals surface area (Å²) in [5.41, 5.74) is 3.61. The molecule has 19 heavy (non-hydrogen) atoms. The number of fused-ring (bicyclic) bond motifs is 1. The van der Waals surface area contributed by atoms with E-state index in [9.17, 15) is 8.78 Å². The van der Waals surface area contributed by atoms with Crippen LogP contribution in [0.3, 0.4) is 0 Å². The fourth-order valence-electron chi connectivity index (χ4n) is 2.25. The van der Waals surface area contributed by atoms with Gasteiger partial charge in [-0.05, 0) is 25.5 Å². The van der Waals surface area contributed by atoms with Gasteiger partial charge < -0.3 is 4.98 Å². The molecule has 0 aliphatic heterocycles. The first-order chi connectivity index (χ1) is 9.04. The summed E-state index contributed by atoms with van der Waals surface area (Å²) in [6.07, 6.45) is 0. The highest BCUT2D eigenvalue weighted by Crippen LogP contribution is 2.26. The van der Waals surface area contributed by atoms with Crippen LogP contribution in [0.25, 0.3) is 22.4 Å². The number of nitrogens with one attached hydrogen (secondary N) is 1. The number of hydrogen-bond acceptors (Lipinski definition) is 1. The normalized spacial score (nSPS) is 11.2. The molecule has 0 spiro atoms. The number of H-pyrrole nitrogens is 1. The molecule has 0 bridgehead atoms. The van der Waals surface area contributed by atoms with Gasteiger partial charge in [0, 0.05) is 11.6 Å². The SMILES string of the molecule is Cc1ccc(-c2nc3c(F)cc(F)cc3[nH]2)c(C)c1. The molecule has 0 radical (unpaired) electrons. The number of nitrogens with zero attached hydrogens (tertiary/aromatic N) is 1. The first-order valence-electron chi connectivity index (χ1n) is 5.97. The lowest BCUT2D eigenvalue weighted by molar-refractivity contribution is 0.591. The minimum atomic E-state index is -0.651. The zero-order chi connectivity index (χ0) is 13.6. The van der Waals surface area contributed by atoms with E-state index in [2.05, 4.69) is 9.97 Å². The van der Waals surface area contributed by atoms with Crippen LogP contribution in [0.1, 0.15) is 11.1 Å². The lowest BCUT2D eigenvalue weighted by atomic mass is 10.1. The molecule has 96 valence electrons. The molecule has 0 saturated carbocycles. The second-order valence-electron chi connectivity index (χ2n) is 4.69. The van der Waals surface area contributed by atoms with Gasteiger partial charge in [0.2, 0.25) is 0 Å². The summed E-state index contributed by atoms with van der Waals surface area (Å²) >= 11 is 0. The van der Waals surface area contributed by atoms with Gasteiger partial charge in [-0.1, -0.05) is 23.8 Å². The number of rotatable bonds is 1. The van der Waals surface area contributed by atoms with Crippen molar-refractivity contribution in [3.8, 4) is 11.4 Å². The van der Waals surface area contributed by atoms with Crippen LogP contribution in [-0.2, 0) is 0 Å². The van der Waals surface area contributed by atoms with E-state index >= 15 is 0 Å². The maximum absolute atomic E-state index is 13.6. The third kappa shape index (κ3) is 1.99. The first-order valence-corrected chi connectivity index (χ1v) is 5.97. The Balaban J connectivity index is 2.23. The third-order valence-corrected chi connectivity index (χ3v) is 3.14. The molecule has 0 fully saturated rings. The summed E-state index contributed by atoms with van der Waals surface area (Å²) in [7, 11) is 0. The van der Waals surface area contributed by atoms with Crippen LogP contribution in [0, 0.1) is 25.5 Å². The van der Waals surface area contributed by atoms with E-state index in [0.717, 1.165) is 22.8 Å². The van der Waals surface area contributed by atoms with Crippen molar-refractivity contribution in [2.24, 2.45) is 0 Å². The van der Waals surface area contributed by atoms with Gasteiger partial charge in [0.25, 0.3) is 0 Å². The Morgan fingerprint density at radius 1 is 1.05 bits per heavy atom. The second kappa shape index (κ2) is 4.16. The molecule has 1 heterocycles. The first kappa shape index (κ1) is 11.8. The summed E-state index contributed by atoms with van der Waals surface area (Å²) in [5, 5.41) is 0. The summed E-state index contributed by atoms with van der Waals surface area (Å²) in [4.78, 5) is 7.18. The summed E-state index contributed by atoms with van der Waals surface area (Å²) in [6.45, 7) is 3.97. The summed E-state index contributed by atoms with van der Waals surface area (Å²) in [6, 6.07) is 8.01. The molecule has 0 unspecified atom stereocenters. The van der Waals surface area contributed by atoms with E-state index < -0.39 is 11.6 Å². The van der Waals surface area contributed by atoms with Gasteiger partial charge in [-0.2, -0.15) is 0 Å². The monoisotopic (exact) mass is 258 g/mol. The third-order valence-electron chi connectivity index (χ3n) is 3.14. The number of halogens is 2.